The van der Waals surface area contributed by atoms with E-state index in [0.717, 1.165) is 28.0 Å². The fraction of sp³-hybridized carbons (Fsp3) is 0.292. The molecule has 3 aromatic carbocycles. The van der Waals surface area contributed by atoms with E-state index in [1.54, 1.807) is 0 Å². The van der Waals surface area contributed by atoms with Crippen LogP contribution in [0.15, 0.2) is 54.6 Å². The fourth-order valence-electron chi connectivity index (χ4n) is 4.31. The van der Waals surface area contributed by atoms with E-state index in [4.69, 9.17) is 4.74 Å². The molecule has 2 atom stereocenters. The van der Waals surface area contributed by atoms with Crippen molar-refractivity contribution in [3.63, 3.8) is 0 Å². The summed E-state index contributed by atoms with van der Waals surface area (Å²) >= 11 is 0. The Labute approximate surface area is 169 Å². The molecular weight excluding hydrogens is 366 g/mol. The molecule has 5 heteroatoms. The Morgan fingerprint density at radius 2 is 1.66 bits per heavy atom. The third-order valence-corrected chi connectivity index (χ3v) is 5.73. The van der Waals surface area contributed by atoms with E-state index in [-0.39, 0.29) is 24.0 Å². The van der Waals surface area contributed by atoms with Gasteiger partial charge in [0.25, 0.3) is 5.91 Å². The van der Waals surface area contributed by atoms with Crippen molar-refractivity contribution in [2.45, 2.75) is 31.7 Å². The lowest BCUT2D eigenvalue weighted by Crippen LogP contribution is -2.48. The van der Waals surface area contributed by atoms with E-state index < -0.39 is 12.0 Å². The highest BCUT2D eigenvalue weighted by Crippen LogP contribution is 2.30. The Balaban J connectivity index is 1.77. The summed E-state index contributed by atoms with van der Waals surface area (Å²) < 4.78 is 4.95. The molecule has 1 fully saturated rings. The molecule has 0 aliphatic heterocycles. The Hall–Kier alpha value is -3.21. The number of ketones is 1. The predicted molar refractivity (Wildman–Crippen MR) is 112 cm³/mol. The van der Waals surface area contributed by atoms with Gasteiger partial charge in [0.15, 0.2) is 0 Å². The molecule has 148 valence electrons. The molecular formula is C24H23NO4. The molecule has 0 heterocycles. The molecule has 0 radical (unpaired) electrons. The van der Waals surface area contributed by atoms with Crippen LogP contribution in [-0.2, 0) is 14.3 Å². The molecule has 3 aromatic rings. The quantitative estimate of drug-likeness (QED) is 0.540. The normalized spacial score (nSPS) is 17.8. The number of amides is 1. The zero-order valence-corrected chi connectivity index (χ0v) is 16.3. The van der Waals surface area contributed by atoms with Gasteiger partial charge in [-0.05, 0) is 46.4 Å². The maximum atomic E-state index is 13.4. The summed E-state index contributed by atoms with van der Waals surface area (Å²) in [7, 11) is 1.31. The molecule has 5 nitrogen and oxygen atoms in total. The van der Waals surface area contributed by atoms with Gasteiger partial charge in [-0.1, -0.05) is 48.5 Å². The summed E-state index contributed by atoms with van der Waals surface area (Å²) in [5, 5.41) is 6.46. The predicted octanol–water partition coefficient (Wildman–Crippen LogP) is 4.02. The molecule has 0 unspecified atom stereocenters. The first-order valence-corrected chi connectivity index (χ1v) is 9.89. The molecule has 1 aliphatic carbocycles. The van der Waals surface area contributed by atoms with Crippen LogP contribution < -0.4 is 5.32 Å². The number of benzene rings is 3. The monoisotopic (exact) mass is 389 g/mol. The first-order valence-electron chi connectivity index (χ1n) is 9.89. The number of fused-ring (bicyclic) bond motifs is 2. The number of nitrogens with one attached hydrogen (secondary N) is 1. The molecule has 4 rings (SSSR count). The van der Waals surface area contributed by atoms with Gasteiger partial charge in [0, 0.05) is 12.8 Å². The van der Waals surface area contributed by atoms with Crippen LogP contribution in [0.1, 0.15) is 36.0 Å². The van der Waals surface area contributed by atoms with E-state index in [1.807, 2.05) is 48.5 Å². The van der Waals surface area contributed by atoms with Crippen molar-refractivity contribution in [1.82, 2.24) is 5.32 Å². The smallest absolute Gasteiger partial charge is 0.328 e. The van der Waals surface area contributed by atoms with Crippen LogP contribution in [0, 0.1) is 5.92 Å². The number of methoxy groups -OCH3 is 1. The SMILES string of the molecule is COC(=O)[C@@H](NC(=O)c1c2ccccc2cc2ccccc12)[C@@H]1CCCC(=O)C1. The number of ether oxygens (including phenoxy) is 1. The molecule has 0 spiro atoms. The highest BCUT2D eigenvalue weighted by Gasteiger charge is 2.34. The summed E-state index contributed by atoms with van der Waals surface area (Å²) in [6.45, 7) is 0. The number of carbonyl (C=O) groups is 3. The van der Waals surface area contributed by atoms with Gasteiger partial charge < -0.3 is 10.1 Å². The van der Waals surface area contributed by atoms with Crippen molar-refractivity contribution in [2.75, 3.05) is 7.11 Å². The maximum Gasteiger partial charge on any atom is 0.328 e. The van der Waals surface area contributed by atoms with Crippen molar-refractivity contribution >= 4 is 39.2 Å². The van der Waals surface area contributed by atoms with Gasteiger partial charge in [-0.2, -0.15) is 0 Å². The minimum atomic E-state index is -0.838. The zero-order chi connectivity index (χ0) is 20.4. The Morgan fingerprint density at radius 1 is 1.03 bits per heavy atom. The van der Waals surface area contributed by atoms with Crippen molar-refractivity contribution in [1.29, 1.82) is 0 Å². The standard InChI is InChI=1S/C24H23NO4/c1-29-24(28)22(17-9-6-10-18(26)14-17)25-23(27)21-19-11-4-2-7-15(19)13-16-8-3-5-12-20(16)21/h2-5,7-8,11-13,17,22H,6,9-10,14H2,1H3,(H,25,27)/t17-,22+/m1/s1. The lowest BCUT2D eigenvalue weighted by molar-refractivity contribution is -0.145. The van der Waals surface area contributed by atoms with Crippen LogP contribution in [0.2, 0.25) is 0 Å². The van der Waals surface area contributed by atoms with Crippen LogP contribution in [0.3, 0.4) is 0 Å². The van der Waals surface area contributed by atoms with Gasteiger partial charge in [-0.3, -0.25) is 9.59 Å². The third-order valence-electron chi connectivity index (χ3n) is 5.73. The van der Waals surface area contributed by atoms with Crippen LogP contribution >= 0.6 is 0 Å². The summed E-state index contributed by atoms with van der Waals surface area (Å²) in [4.78, 5) is 37.8. The van der Waals surface area contributed by atoms with Crippen LogP contribution in [0.25, 0.3) is 21.5 Å². The van der Waals surface area contributed by atoms with E-state index in [2.05, 4.69) is 11.4 Å². The van der Waals surface area contributed by atoms with Gasteiger partial charge in [0.05, 0.1) is 12.7 Å². The van der Waals surface area contributed by atoms with E-state index >= 15 is 0 Å². The van der Waals surface area contributed by atoms with E-state index in [1.165, 1.54) is 7.11 Å². The Kier molecular flexibility index (Phi) is 5.30. The molecule has 0 aromatic heterocycles. The zero-order valence-electron chi connectivity index (χ0n) is 16.3. The second-order valence-corrected chi connectivity index (χ2v) is 7.56. The fourth-order valence-corrected chi connectivity index (χ4v) is 4.31. The topological polar surface area (TPSA) is 72.5 Å². The minimum Gasteiger partial charge on any atom is -0.467 e. The number of hydrogen-bond acceptors (Lipinski definition) is 4. The Morgan fingerprint density at radius 3 is 2.24 bits per heavy atom. The highest BCUT2D eigenvalue weighted by atomic mass is 16.5. The van der Waals surface area contributed by atoms with E-state index in [9.17, 15) is 14.4 Å². The van der Waals surface area contributed by atoms with Gasteiger partial charge in [0.1, 0.15) is 11.8 Å². The van der Waals surface area contributed by atoms with Crippen molar-refractivity contribution < 1.29 is 19.1 Å². The second kappa shape index (κ2) is 8.03. The number of hydrogen-bond donors (Lipinski definition) is 1. The minimum absolute atomic E-state index is 0.125. The summed E-state index contributed by atoms with van der Waals surface area (Å²) in [5.74, 6) is -0.956. The van der Waals surface area contributed by atoms with Crippen LogP contribution in [0.4, 0.5) is 0 Å². The first-order chi connectivity index (χ1) is 14.1. The molecule has 1 saturated carbocycles. The Bertz CT molecular complexity index is 1050. The summed E-state index contributed by atoms with van der Waals surface area (Å²) in [5.41, 5.74) is 0.537. The summed E-state index contributed by atoms with van der Waals surface area (Å²) in [6, 6.07) is 16.6. The van der Waals surface area contributed by atoms with Gasteiger partial charge in [-0.25, -0.2) is 4.79 Å². The average molecular weight is 389 g/mol. The highest BCUT2D eigenvalue weighted by molar-refractivity contribution is 6.18. The van der Waals surface area contributed by atoms with Crippen molar-refractivity contribution in [2.24, 2.45) is 5.92 Å². The molecule has 0 saturated heterocycles. The van der Waals surface area contributed by atoms with Gasteiger partial charge >= 0.3 is 5.97 Å². The number of esters is 1. The second-order valence-electron chi connectivity index (χ2n) is 7.56. The number of Topliss-reactive ketones (excluding diaryl/α,β-unsaturated/α-hetero) is 1. The maximum absolute atomic E-state index is 13.4. The lowest BCUT2D eigenvalue weighted by Gasteiger charge is -2.28. The first kappa shape index (κ1) is 19.1. The number of carbonyl (C=O) groups excluding carboxylic acids is 3. The number of rotatable bonds is 4. The summed E-state index contributed by atoms with van der Waals surface area (Å²) in [6.07, 6.45) is 2.26. The lowest BCUT2D eigenvalue weighted by atomic mass is 9.83. The molecule has 1 amide bonds. The molecule has 29 heavy (non-hydrogen) atoms. The average Bonchev–Trinajstić information content (AvgIpc) is 2.75. The molecule has 1 aliphatic rings. The van der Waals surface area contributed by atoms with Crippen LogP contribution in [-0.4, -0.2) is 30.8 Å². The van der Waals surface area contributed by atoms with Gasteiger partial charge in [-0.15, -0.1) is 0 Å². The third kappa shape index (κ3) is 3.73. The van der Waals surface area contributed by atoms with Gasteiger partial charge in [0.2, 0.25) is 0 Å². The molecule has 1 N–H and O–H groups in total. The van der Waals surface area contributed by atoms with Crippen molar-refractivity contribution in [3.05, 3.63) is 60.2 Å². The molecule has 0 bridgehead atoms. The largest absolute Gasteiger partial charge is 0.467 e. The van der Waals surface area contributed by atoms with Crippen molar-refractivity contribution in [3.8, 4) is 0 Å². The van der Waals surface area contributed by atoms with E-state index in [0.29, 0.717) is 18.4 Å². The van der Waals surface area contributed by atoms with Crippen LogP contribution in [0.5, 0.6) is 0 Å².